The van der Waals surface area contributed by atoms with E-state index in [-0.39, 0.29) is 48.2 Å². The number of carbonyl (C=O) groups excluding carboxylic acids is 1. The van der Waals surface area contributed by atoms with Gasteiger partial charge in [0.15, 0.2) is 11.8 Å². The molecule has 2 N–H and O–H groups in total. The van der Waals surface area contributed by atoms with Crippen LogP contribution in [0.5, 0.6) is 0 Å². The molecule has 3 rings (SSSR count). The number of nitrogens with zero attached hydrogens (tertiary/aromatic N) is 5. The van der Waals surface area contributed by atoms with Gasteiger partial charge in [0.25, 0.3) is 0 Å². The molecule has 1 aromatic heterocycles. The molecule has 2 fully saturated rings. The number of fused-ring (bicyclic) bond motifs is 2. The molecule has 0 radical (unpaired) electrons. The second kappa shape index (κ2) is 11.5. The zero-order valence-electron chi connectivity index (χ0n) is 20.3. The first-order valence-electron chi connectivity index (χ1n) is 11.6. The predicted octanol–water partition coefficient (Wildman–Crippen LogP) is 3.51. The lowest BCUT2D eigenvalue weighted by molar-refractivity contribution is 0.00545. The van der Waals surface area contributed by atoms with E-state index in [1.165, 1.54) is 0 Å². The van der Waals surface area contributed by atoms with E-state index in [4.69, 9.17) is 9.73 Å². The van der Waals surface area contributed by atoms with Crippen molar-refractivity contribution in [2.24, 2.45) is 12.0 Å². The van der Waals surface area contributed by atoms with Crippen LogP contribution >= 0.6 is 24.0 Å². The number of aryl methyl sites for hydroxylation is 1. The molecule has 0 saturated carbocycles. The fraction of sp³-hybridized carbons (Fsp3) is 0.818. The van der Waals surface area contributed by atoms with Crippen molar-refractivity contribution < 1.29 is 9.53 Å². The molecule has 2 aliphatic heterocycles. The Morgan fingerprint density at radius 1 is 1.22 bits per heavy atom. The zero-order chi connectivity index (χ0) is 22.6. The number of amides is 1. The fourth-order valence-corrected chi connectivity index (χ4v) is 4.38. The lowest BCUT2D eigenvalue weighted by Gasteiger charge is -2.40. The standard InChI is InChI=1S/C22H39N7O2.HI/c1-7-8-11-23-20(24-14-19-27-26-15(2)28(19)6)25-16-12-17-9-10-18(13-16)29(17)21(30)31-22(3,4)5;/h16-18H,7-14H2,1-6H3,(H2,23,24,25);1H. The van der Waals surface area contributed by atoms with Crippen molar-refractivity contribution in [1.82, 2.24) is 30.3 Å². The van der Waals surface area contributed by atoms with Gasteiger partial charge in [-0.15, -0.1) is 34.2 Å². The van der Waals surface area contributed by atoms with Crippen molar-refractivity contribution in [2.75, 3.05) is 6.54 Å². The summed E-state index contributed by atoms with van der Waals surface area (Å²) in [4.78, 5) is 19.5. The molecular formula is C22H40IN7O2. The molecule has 1 amide bonds. The minimum Gasteiger partial charge on any atom is -0.444 e. The Morgan fingerprint density at radius 3 is 2.41 bits per heavy atom. The summed E-state index contributed by atoms with van der Waals surface area (Å²) in [5, 5.41) is 15.4. The molecule has 2 atom stereocenters. The van der Waals surface area contributed by atoms with Crippen LogP contribution in [0.3, 0.4) is 0 Å². The van der Waals surface area contributed by atoms with Crippen LogP contribution in [0.15, 0.2) is 4.99 Å². The molecule has 0 spiro atoms. The third kappa shape index (κ3) is 6.95. The Labute approximate surface area is 209 Å². The summed E-state index contributed by atoms with van der Waals surface area (Å²) in [6.07, 6.45) is 5.94. The van der Waals surface area contributed by atoms with Crippen LogP contribution in [-0.2, 0) is 18.3 Å². The van der Waals surface area contributed by atoms with Gasteiger partial charge >= 0.3 is 6.09 Å². The summed E-state index contributed by atoms with van der Waals surface area (Å²) in [7, 11) is 1.96. The van der Waals surface area contributed by atoms with E-state index in [0.717, 1.165) is 62.7 Å². The maximum absolute atomic E-state index is 12.7. The number of rotatable bonds is 6. The number of piperidine rings is 1. The summed E-state index contributed by atoms with van der Waals surface area (Å²) >= 11 is 0. The summed E-state index contributed by atoms with van der Waals surface area (Å²) < 4.78 is 7.62. The monoisotopic (exact) mass is 561 g/mol. The summed E-state index contributed by atoms with van der Waals surface area (Å²) in [5.41, 5.74) is -0.465. The average Bonchev–Trinajstić information content (AvgIpc) is 3.15. The largest absolute Gasteiger partial charge is 0.444 e. The smallest absolute Gasteiger partial charge is 0.410 e. The van der Waals surface area contributed by atoms with E-state index < -0.39 is 5.60 Å². The first-order chi connectivity index (χ1) is 14.7. The van der Waals surface area contributed by atoms with Gasteiger partial charge in [0.2, 0.25) is 0 Å². The molecule has 3 heterocycles. The third-order valence-corrected chi connectivity index (χ3v) is 6.06. The normalized spacial score (nSPS) is 23.0. The Bertz CT molecular complexity index is 776. The molecule has 2 saturated heterocycles. The van der Waals surface area contributed by atoms with Crippen LogP contribution < -0.4 is 10.6 Å². The average molecular weight is 562 g/mol. The maximum atomic E-state index is 12.7. The molecule has 1 aromatic rings. The molecule has 2 aliphatic rings. The van der Waals surface area contributed by atoms with Gasteiger partial charge in [0, 0.05) is 31.7 Å². The molecule has 0 aromatic carbocycles. The summed E-state index contributed by atoms with van der Waals surface area (Å²) in [5.74, 6) is 2.53. The topological polar surface area (TPSA) is 96.7 Å². The lowest BCUT2D eigenvalue weighted by atomic mass is 9.98. The second-order valence-electron chi connectivity index (χ2n) is 9.75. The number of nitrogens with one attached hydrogen (secondary N) is 2. The molecule has 2 bridgehead atoms. The first kappa shape index (κ1) is 26.7. The molecule has 2 unspecified atom stereocenters. The highest BCUT2D eigenvalue weighted by Crippen LogP contribution is 2.36. The van der Waals surface area contributed by atoms with Crippen molar-refractivity contribution in [2.45, 2.75) is 103 Å². The van der Waals surface area contributed by atoms with Gasteiger partial charge in [0.1, 0.15) is 18.0 Å². The molecule has 32 heavy (non-hydrogen) atoms. The van der Waals surface area contributed by atoms with Crippen molar-refractivity contribution in [3.63, 3.8) is 0 Å². The van der Waals surface area contributed by atoms with Gasteiger partial charge in [0.05, 0.1) is 0 Å². The number of unbranched alkanes of at least 4 members (excludes halogenated alkanes) is 1. The molecule has 0 aliphatic carbocycles. The number of hydrogen-bond donors (Lipinski definition) is 2. The van der Waals surface area contributed by atoms with Crippen molar-refractivity contribution in [3.8, 4) is 0 Å². The Hall–Kier alpha value is -1.59. The van der Waals surface area contributed by atoms with Gasteiger partial charge in [-0.05, 0) is 59.8 Å². The Balaban J connectivity index is 0.00000363. The van der Waals surface area contributed by atoms with Crippen LogP contribution in [0.2, 0.25) is 0 Å². The van der Waals surface area contributed by atoms with E-state index in [1.807, 2.05) is 44.2 Å². The Morgan fingerprint density at radius 2 is 1.88 bits per heavy atom. The predicted molar refractivity (Wildman–Crippen MR) is 136 cm³/mol. The van der Waals surface area contributed by atoms with Gasteiger partial charge in [-0.3, -0.25) is 0 Å². The zero-order valence-corrected chi connectivity index (χ0v) is 22.7. The van der Waals surface area contributed by atoms with Crippen molar-refractivity contribution in [1.29, 1.82) is 0 Å². The van der Waals surface area contributed by atoms with Gasteiger partial charge in [-0.1, -0.05) is 13.3 Å². The van der Waals surface area contributed by atoms with Crippen molar-refractivity contribution >= 4 is 36.0 Å². The summed E-state index contributed by atoms with van der Waals surface area (Å²) in [6, 6.07) is 0.735. The van der Waals surface area contributed by atoms with Crippen molar-refractivity contribution in [3.05, 3.63) is 11.6 Å². The van der Waals surface area contributed by atoms with Crippen LogP contribution in [0, 0.1) is 6.92 Å². The number of aromatic nitrogens is 3. The molecule has 9 nitrogen and oxygen atoms in total. The molecule has 10 heteroatoms. The number of guanidine groups is 1. The maximum Gasteiger partial charge on any atom is 0.410 e. The van der Waals surface area contributed by atoms with Crippen LogP contribution in [0.25, 0.3) is 0 Å². The van der Waals surface area contributed by atoms with E-state index in [9.17, 15) is 4.79 Å². The number of hydrogen-bond acceptors (Lipinski definition) is 5. The number of halogens is 1. The van der Waals surface area contributed by atoms with Gasteiger partial charge in [-0.25, -0.2) is 9.79 Å². The van der Waals surface area contributed by atoms with E-state index in [2.05, 4.69) is 27.8 Å². The van der Waals surface area contributed by atoms with Crippen LogP contribution in [0.1, 0.15) is 77.9 Å². The number of carbonyl (C=O) groups is 1. The Kier molecular flexibility index (Phi) is 9.59. The second-order valence-corrected chi connectivity index (χ2v) is 9.75. The lowest BCUT2D eigenvalue weighted by Crippen LogP contribution is -2.55. The van der Waals surface area contributed by atoms with Crippen LogP contribution in [-0.4, -0.2) is 62.0 Å². The minimum atomic E-state index is -0.465. The SMILES string of the molecule is CCCCNC(=NCc1nnc(C)n1C)NC1CC2CCC(C1)N2C(=O)OC(C)(C)C.I. The van der Waals surface area contributed by atoms with E-state index >= 15 is 0 Å². The highest BCUT2D eigenvalue weighted by molar-refractivity contribution is 14.0. The van der Waals surface area contributed by atoms with Gasteiger partial charge in [-0.2, -0.15) is 0 Å². The third-order valence-electron chi connectivity index (χ3n) is 6.06. The quantitative estimate of drug-likeness (QED) is 0.239. The summed E-state index contributed by atoms with van der Waals surface area (Å²) in [6.45, 7) is 11.2. The highest BCUT2D eigenvalue weighted by atomic mass is 127. The minimum absolute atomic E-state index is 0. The fourth-order valence-electron chi connectivity index (χ4n) is 4.38. The van der Waals surface area contributed by atoms with Gasteiger partial charge < -0.3 is 24.8 Å². The molecular weight excluding hydrogens is 521 g/mol. The van der Waals surface area contributed by atoms with E-state index in [1.54, 1.807) is 0 Å². The first-order valence-corrected chi connectivity index (χ1v) is 11.6. The van der Waals surface area contributed by atoms with E-state index in [0.29, 0.717) is 6.54 Å². The van der Waals surface area contributed by atoms with Crippen LogP contribution in [0.4, 0.5) is 4.79 Å². The molecule has 182 valence electrons. The highest BCUT2D eigenvalue weighted by Gasteiger charge is 2.45. The number of ether oxygens (including phenoxy) is 1. The number of aliphatic imine (C=N–C) groups is 1.